The lowest BCUT2D eigenvalue weighted by atomic mass is 10.1. The van der Waals surface area contributed by atoms with Crippen molar-refractivity contribution >= 4 is 27.6 Å². The molecule has 37 heavy (non-hydrogen) atoms. The molecule has 200 valence electrons. The molecule has 0 saturated carbocycles. The smallest absolute Gasteiger partial charge is 0.459 e. The summed E-state index contributed by atoms with van der Waals surface area (Å²) in [5, 5.41) is 13.0. The molecule has 1 aliphatic heterocycles. The molecule has 2 unspecified atom stereocenters. The van der Waals surface area contributed by atoms with Crippen LogP contribution in [0.15, 0.2) is 46.0 Å². The van der Waals surface area contributed by atoms with Gasteiger partial charge in [0, 0.05) is 12.6 Å². The van der Waals surface area contributed by atoms with Crippen LogP contribution in [0.25, 0.3) is 6.08 Å². The minimum Gasteiger partial charge on any atom is -0.465 e. The van der Waals surface area contributed by atoms with Crippen LogP contribution in [0.4, 0.5) is 4.39 Å². The molecule has 1 aromatic carbocycles. The van der Waals surface area contributed by atoms with Crippen LogP contribution >= 0.6 is 7.75 Å². The standard InChI is InChI=1S/C22H28BFN3O9P/c1-3-33-21(30)13(2)26-37(32,36-16-6-4-15(24)5-7-16)34-12-18-17(28)10-19(35-18)27-11-14(8-9-23)20(29)25-22(27)31/h4-9,11,13,17-19,28H,3,10,12,23H2,1-2H3,(H,26,32)(H,25,29,31)/b9-8+/t13-,17?,18+,19+,37?/m0/s1. The zero-order valence-electron chi connectivity index (χ0n) is 20.5. The van der Waals surface area contributed by atoms with Crippen LogP contribution in [0.5, 0.6) is 5.75 Å². The van der Waals surface area contributed by atoms with E-state index in [0.29, 0.717) is 0 Å². The fourth-order valence-electron chi connectivity index (χ4n) is 3.50. The van der Waals surface area contributed by atoms with Crippen molar-refractivity contribution in [1.82, 2.24) is 14.6 Å². The lowest BCUT2D eigenvalue weighted by Crippen LogP contribution is -2.36. The second-order valence-corrected chi connectivity index (χ2v) is 9.82. The first-order valence-corrected chi connectivity index (χ1v) is 13.0. The predicted molar refractivity (Wildman–Crippen MR) is 133 cm³/mol. The number of nitrogens with one attached hydrogen (secondary N) is 2. The van der Waals surface area contributed by atoms with Crippen LogP contribution in [0.1, 0.15) is 32.1 Å². The molecule has 1 aliphatic rings. The second-order valence-electron chi connectivity index (χ2n) is 8.12. The summed E-state index contributed by atoms with van der Waals surface area (Å²) in [6.45, 7) is 2.64. The Balaban J connectivity index is 1.76. The molecule has 0 spiro atoms. The van der Waals surface area contributed by atoms with Gasteiger partial charge in [-0.1, -0.05) is 6.08 Å². The Morgan fingerprint density at radius 1 is 1.41 bits per heavy atom. The van der Waals surface area contributed by atoms with Gasteiger partial charge >= 0.3 is 19.4 Å². The van der Waals surface area contributed by atoms with Gasteiger partial charge in [0.25, 0.3) is 5.56 Å². The number of nitrogens with zero attached hydrogens (tertiary/aromatic N) is 1. The zero-order chi connectivity index (χ0) is 27.2. The third kappa shape index (κ3) is 7.49. The molecule has 2 aromatic rings. The van der Waals surface area contributed by atoms with E-state index in [4.69, 9.17) is 18.5 Å². The maximum atomic E-state index is 13.5. The van der Waals surface area contributed by atoms with E-state index in [1.54, 1.807) is 20.7 Å². The number of halogens is 1. The number of carbonyl (C=O) groups is 1. The number of rotatable bonds is 11. The van der Waals surface area contributed by atoms with E-state index in [1.165, 1.54) is 31.3 Å². The number of aliphatic hydroxyl groups is 1. The van der Waals surface area contributed by atoms with E-state index in [9.17, 15) is 28.4 Å². The number of aromatic amines is 1. The molecular formula is C22H28BFN3O9P. The summed E-state index contributed by atoms with van der Waals surface area (Å²) in [5.41, 5.74) is -1.08. The van der Waals surface area contributed by atoms with E-state index in [-0.39, 0.29) is 24.3 Å². The van der Waals surface area contributed by atoms with Crippen molar-refractivity contribution in [2.45, 2.75) is 44.7 Å². The van der Waals surface area contributed by atoms with Crippen LogP contribution in [0.3, 0.4) is 0 Å². The Labute approximate surface area is 212 Å². The second kappa shape index (κ2) is 12.5. The lowest BCUT2D eigenvalue weighted by Gasteiger charge is -2.24. The molecule has 12 nitrogen and oxygen atoms in total. The molecule has 3 N–H and O–H groups in total. The lowest BCUT2D eigenvalue weighted by molar-refractivity contribution is -0.144. The molecule has 0 amide bonds. The number of hydrogen-bond acceptors (Lipinski definition) is 9. The fraction of sp³-hybridized carbons (Fsp3) is 0.409. The Morgan fingerprint density at radius 2 is 2.11 bits per heavy atom. The highest BCUT2D eigenvalue weighted by Gasteiger charge is 2.39. The van der Waals surface area contributed by atoms with Gasteiger partial charge < -0.3 is 19.1 Å². The van der Waals surface area contributed by atoms with Crippen molar-refractivity contribution in [3.8, 4) is 5.75 Å². The largest absolute Gasteiger partial charge is 0.465 e. The Morgan fingerprint density at radius 3 is 2.76 bits per heavy atom. The molecule has 0 bridgehead atoms. The quantitative estimate of drug-likeness (QED) is 0.211. The van der Waals surface area contributed by atoms with Gasteiger partial charge in [0.05, 0.1) is 24.9 Å². The summed E-state index contributed by atoms with van der Waals surface area (Å²) < 4.78 is 49.5. The van der Waals surface area contributed by atoms with Crippen LogP contribution in [0.2, 0.25) is 0 Å². The summed E-state index contributed by atoms with van der Waals surface area (Å²) in [5.74, 6) is 0.374. The van der Waals surface area contributed by atoms with Crippen molar-refractivity contribution in [1.29, 1.82) is 0 Å². The van der Waals surface area contributed by atoms with E-state index >= 15 is 0 Å². The number of ether oxygens (including phenoxy) is 2. The first-order valence-electron chi connectivity index (χ1n) is 11.5. The zero-order valence-corrected chi connectivity index (χ0v) is 21.4. The maximum absolute atomic E-state index is 13.5. The van der Waals surface area contributed by atoms with Crippen molar-refractivity contribution in [2.75, 3.05) is 13.2 Å². The molecule has 0 radical (unpaired) electrons. The normalized spacial score (nSPS) is 22.0. The SMILES string of the molecule is B/C=C/c1cn([C@H]2CC(O)[C@@H](COP(=O)(N[C@@H](C)C(=O)OCC)Oc3ccc(F)cc3)O2)c(=O)[nH]c1=O. The summed E-state index contributed by atoms with van der Waals surface area (Å²) in [7, 11) is -2.57. The Hall–Kier alpha value is -3.03. The molecule has 1 saturated heterocycles. The van der Waals surface area contributed by atoms with Gasteiger partial charge in [-0.2, -0.15) is 5.09 Å². The molecule has 1 aromatic heterocycles. The number of aliphatic hydroxyl groups excluding tert-OH is 1. The van der Waals surface area contributed by atoms with Crippen LogP contribution in [-0.4, -0.2) is 59.9 Å². The van der Waals surface area contributed by atoms with Gasteiger partial charge in [-0.15, -0.1) is 5.98 Å². The number of H-pyrrole nitrogens is 1. The van der Waals surface area contributed by atoms with Crippen LogP contribution < -0.4 is 20.9 Å². The van der Waals surface area contributed by atoms with E-state index in [1.807, 2.05) is 0 Å². The van der Waals surface area contributed by atoms with Gasteiger partial charge in [-0.25, -0.2) is 13.8 Å². The Bertz CT molecular complexity index is 1280. The minimum absolute atomic E-state index is 0.00430. The fourth-order valence-corrected chi connectivity index (χ4v) is 5.00. The van der Waals surface area contributed by atoms with Gasteiger partial charge in [0.2, 0.25) is 0 Å². The van der Waals surface area contributed by atoms with Crippen LogP contribution in [0, 0.1) is 5.82 Å². The summed E-state index contributed by atoms with van der Waals surface area (Å²) in [6, 6.07) is 3.53. The third-order valence-electron chi connectivity index (χ3n) is 5.30. The highest BCUT2D eigenvalue weighted by molar-refractivity contribution is 7.52. The van der Waals surface area contributed by atoms with E-state index in [2.05, 4.69) is 10.1 Å². The molecular weight excluding hydrogens is 511 g/mol. The number of hydrogen-bond donors (Lipinski definition) is 3. The monoisotopic (exact) mass is 539 g/mol. The average molecular weight is 539 g/mol. The first kappa shape index (κ1) is 28.5. The molecule has 5 atom stereocenters. The maximum Gasteiger partial charge on any atom is 0.459 e. The van der Waals surface area contributed by atoms with Gasteiger partial charge in [0.15, 0.2) is 0 Å². The van der Waals surface area contributed by atoms with Crippen LogP contribution in [-0.2, 0) is 23.4 Å². The minimum atomic E-state index is -4.28. The number of benzene rings is 1. The van der Waals surface area contributed by atoms with Gasteiger partial charge in [-0.3, -0.25) is 23.7 Å². The van der Waals surface area contributed by atoms with Crippen molar-refractivity contribution in [2.24, 2.45) is 0 Å². The summed E-state index contributed by atoms with van der Waals surface area (Å²) >= 11 is 0. The molecule has 15 heteroatoms. The topological polar surface area (TPSA) is 158 Å². The predicted octanol–water partition coefficient (Wildman–Crippen LogP) is 0.673. The third-order valence-corrected chi connectivity index (χ3v) is 6.94. The summed E-state index contributed by atoms with van der Waals surface area (Å²) in [6.07, 6.45) is -0.312. The highest BCUT2D eigenvalue weighted by Crippen LogP contribution is 2.46. The van der Waals surface area contributed by atoms with E-state index in [0.717, 1.165) is 16.7 Å². The number of esters is 1. The van der Waals surface area contributed by atoms with Crippen molar-refractivity contribution < 1.29 is 37.4 Å². The Kier molecular flexibility index (Phi) is 9.63. The van der Waals surface area contributed by atoms with Gasteiger partial charge in [0.1, 0.15) is 37.8 Å². The average Bonchev–Trinajstić information content (AvgIpc) is 3.21. The number of carbonyl (C=O) groups excluding carboxylic acids is 1. The highest BCUT2D eigenvalue weighted by atomic mass is 31.2. The summed E-state index contributed by atoms with van der Waals surface area (Å²) in [4.78, 5) is 38.5. The van der Waals surface area contributed by atoms with Crippen molar-refractivity contribution in [3.63, 3.8) is 0 Å². The molecule has 3 rings (SSSR count). The van der Waals surface area contributed by atoms with Gasteiger partial charge in [-0.05, 0) is 38.1 Å². The molecule has 1 fully saturated rings. The first-order chi connectivity index (χ1) is 17.5. The molecule has 0 aliphatic carbocycles. The molecule has 2 heterocycles. The van der Waals surface area contributed by atoms with E-state index < -0.39 is 61.9 Å². The van der Waals surface area contributed by atoms with Crippen molar-refractivity contribution in [3.05, 3.63) is 68.7 Å². The number of aromatic nitrogens is 2.